The number of aliphatic hydroxyl groups is 1. The molecule has 0 bridgehead atoms. The summed E-state index contributed by atoms with van der Waals surface area (Å²) in [5.41, 5.74) is -0.536. The van der Waals surface area contributed by atoms with Gasteiger partial charge in [-0.3, -0.25) is 14.9 Å². The van der Waals surface area contributed by atoms with Gasteiger partial charge in [0.1, 0.15) is 5.82 Å². The normalized spacial score (nSPS) is 21.8. The zero-order valence-corrected chi connectivity index (χ0v) is 11.4. The molecule has 1 amide bonds. The highest BCUT2D eigenvalue weighted by molar-refractivity contribution is 5.95. The van der Waals surface area contributed by atoms with E-state index in [-0.39, 0.29) is 24.1 Å². The fourth-order valence-electron chi connectivity index (χ4n) is 2.68. The molecule has 0 aliphatic heterocycles. The van der Waals surface area contributed by atoms with Crippen LogP contribution in [0.2, 0.25) is 0 Å². The van der Waals surface area contributed by atoms with Crippen molar-refractivity contribution in [3.63, 3.8) is 0 Å². The Kier molecular flexibility index (Phi) is 4.85. The van der Waals surface area contributed by atoms with Crippen LogP contribution < -0.4 is 5.32 Å². The van der Waals surface area contributed by atoms with E-state index in [9.17, 15) is 24.4 Å². The molecule has 0 saturated heterocycles. The molecule has 1 aromatic rings. The van der Waals surface area contributed by atoms with E-state index in [1.807, 2.05) is 0 Å². The van der Waals surface area contributed by atoms with Gasteiger partial charge in [0.15, 0.2) is 0 Å². The molecule has 1 saturated carbocycles. The van der Waals surface area contributed by atoms with Gasteiger partial charge in [-0.15, -0.1) is 0 Å². The van der Waals surface area contributed by atoms with Crippen LogP contribution in [0.25, 0.3) is 0 Å². The molecule has 2 N–H and O–H groups in total. The van der Waals surface area contributed by atoms with Crippen molar-refractivity contribution in [3.8, 4) is 0 Å². The summed E-state index contributed by atoms with van der Waals surface area (Å²) in [4.78, 5) is 22.1. The number of hydrogen-bond donors (Lipinski definition) is 2. The van der Waals surface area contributed by atoms with E-state index < -0.39 is 22.3 Å². The lowest BCUT2D eigenvalue weighted by Crippen LogP contribution is -2.43. The highest BCUT2D eigenvalue weighted by Crippen LogP contribution is 2.24. The number of nitrogens with zero attached hydrogens (tertiary/aromatic N) is 1. The number of rotatable bonds is 4. The number of aliphatic hydroxyl groups excluding tert-OH is 1. The van der Waals surface area contributed by atoms with Gasteiger partial charge in [0.25, 0.3) is 11.6 Å². The summed E-state index contributed by atoms with van der Waals surface area (Å²) in [5, 5.41) is 22.7. The third-order valence-corrected chi connectivity index (χ3v) is 3.82. The zero-order chi connectivity index (χ0) is 15.4. The van der Waals surface area contributed by atoms with E-state index >= 15 is 0 Å². The van der Waals surface area contributed by atoms with Crippen LogP contribution in [0.1, 0.15) is 36.0 Å². The molecular weight excluding hydrogens is 279 g/mol. The second kappa shape index (κ2) is 6.62. The monoisotopic (exact) mass is 296 g/mol. The molecule has 7 heteroatoms. The van der Waals surface area contributed by atoms with Crippen LogP contribution >= 0.6 is 0 Å². The summed E-state index contributed by atoms with van der Waals surface area (Å²) in [7, 11) is 0. The van der Waals surface area contributed by atoms with Crippen molar-refractivity contribution >= 4 is 11.6 Å². The Morgan fingerprint density at radius 2 is 2.10 bits per heavy atom. The van der Waals surface area contributed by atoms with Gasteiger partial charge in [-0.25, -0.2) is 4.39 Å². The van der Waals surface area contributed by atoms with Crippen molar-refractivity contribution in [1.29, 1.82) is 0 Å². The Hall–Kier alpha value is -2.02. The van der Waals surface area contributed by atoms with Crippen molar-refractivity contribution in [2.75, 3.05) is 6.61 Å². The number of hydrogen-bond acceptors (Lipinski definition) is 4. The molecule has 1 aliphatic carbocycles. The molecule has 2 unspecified atom stereocenters. The van der Waals surface area contributed by atoms with Gasteiger partial charge in [-0.05, 0) is 18.9 Å². The molecule has 2 atom stereocenters. The number of nitro benzene ring substituents is 1. The number of halogens is 1. The Balaban J connectivity index is 2.14. The standard InChI is InChI=1S/C14H17FN2O4/c15-11-5-10(6-12(7-11)17(20)21)14(19)16-13-4-2-1-3-9(13)8-18/h5-7,9,13,18H,1-4,8H2,(H,16,19). The average molecular weight is 296 g/mol. The number of nitro groups is 1. The summed E-state index contributed by atoms with van der Waals surface area (Å²) >= 11 is 0. The van der Waals surface area contributed by atoms with E-state index in [0.29, 0.717) is 0 Å². The molecule has 0 heterocycles. The van der Waals surface area contributed by atoms with Crippen molar-refractivity contribution in [2.45, 2.75) is 31.7 Å². The van der Waals surface area contributed by atoms with Crippen molar-refractivity contribution < 1.29 is 19.2 Å². The van der Waals surface area contributed by atoms with Gasteiger partial charge in [0, 0.05) is 30.2 Å². The van der Waals surface area contributed by atoms with Gasteiger partial charge in [0.05, 0.1) is 11.0 Å². The highest BCUT2D eigenvalue weighted by Gasteiger charge is 2.26. The van der Waals surface area contributed by atoms with Crippen molar-refractivity contribution in [2.24, 2.45) is 5.92 Å². The minimum atomic E-state index is -0.822. The third kappa shape index (κ3) is 3.75. The number of carbonyl (C=O) groups excluding carboxylic acids is 1. The van der Waals surface area contributed by atoms with Crippen LogP contribution in [-0.2, 0) is 0 Å². The minimum absolute atomic E-state index is 0.0196. The van der Waals surface area contributed by atoms with E-state index in [2.05, 4.69) is 5.32 Å². The van der Waals surface area contributed by atoms with Gasteiger partial charge < -0.3 is 10.4 Å². The lowest BCUT2D eigenvalue weighted by molar-refractivity contribution is -0.385. The maximum Gasteiger partial charge on any atom is 0.273 e. The average Bonchev–Trinajstić information content (AvgIpc) is 2.47. The second-order valence-electron chi connectivity index (χ2n) is 5.26. The maximum absolute atomic E-state index is 13.3. The molecule has 1 aliphatic rings. The number of nitrogens with one attached hydrogen (secondary N) is 1. The summed E-state index contributed by atoms with van der Waals surface area (Å²) < 4.78 is 13.3. The van der Waals surface area contributed by atoms with Crippen LogP contribution in [0.4, 0.5) is 10.1 Å². The summed E-state index contributed by atoms with van der Waals surface area (Å²) in [5.74, 6) is -1.40. The number of benzene rings is 1. The van der Waals surface area contributed by atoms with Crippen LogP contribution in [0.15, 0.2) is 18.2 Å². The van der Waals surface area contributed by atoms with E-state index in [0.717, 1.165) is 43.9 Å². The van der Waals surface area contributed by atoms with Gasteiger partial charge in [0.2, 0.25) is 0 Å². The van der Waals surface area contributed by atoms with Crippen LogP contribution in [0.5, 0.6) is 0 Å². The van der Waals surface area contributed by atoms with E-state index in [4.69, 9.17) is 0 Å². The second-order valence-corrected chi connectivity index (χ2v) is 5.26. The van der Waals surface area contributed by atoms with Gasteiger partial charge >= 0.3 is 0 Å². The zero-order valence-electron chi connectivity index (χ0n) is 11.4. The molecule has 0 radical (unpaired) electrons. The quantitative estimate of drug-likeness (QED) is 0.656. The molecule has 21 heavy (non-hydrogen) atoms. The molecule has 1 aromatic carbocycles. The Morgan fingerprint density at radius 1 is 1.38 bits per heavy atom. The first-order chi connectivity index (χ1) is 10.0. The predicted molar refractivity (Wildman–Crippen MR) is 73.4 cm³/mol. The number of non-ortho nitro benzene ring substituents is 1. The highest BCUT2D eigenvalue weighted by atomic mass is 19.1. The molecular formula is C14H17FN2O4. The van der Waals surface area contributed by atoms with Crippen LogP contribution in [0, 0.1) is 21.8 Å². The van der Waals surface area contributed by atoms with Crippen LogP contribution in [-0.4, -0.2) is 28.6 Å². The molecule has 1 fully saturated rings. The SMILES string of the molecule is O=C(NC1CCCCC1CO)c1cc(F)cc([N+](=O)[O-])c1. The predicted octanol–water partition coefficient (Wildman–Crippen LogP) is 2.01. The van der Waals surface area contributed by atoms with Gasteiger partial charge in [-0.1, -0.05) is 12.8 Å². The Labute approximate surface area is 121 Å². The molecule has 0 spiro atoms. The molecule has 114 valence electrons. The smallest absolute Gasteiger partial charge is 0.273 e. The number of carbonyl (C=O) groups is 1. The minimum Gasteiger partial charge on any atom is -0.396 e. The van der Waals surface area contributed by atoms with Crippen molar-refractivity contribution in [3.05, 3.63) is 39.7 Å². The van der Waals surface area contributed by atoms with E-state index in [1.54, 1.807) is 0 Å². The molecule has 2 rings (SSSR count). The first kappa shape index (κ1) is 15.4. The molecule has 0 aromatic heterocycles. The number of amides is 1. The summed E-state index contributed by atoms with van der Waals surface area (Å²) in [6.07, 6.45) is 3.52. The van der Waals surface area contributed by atoms with Crippen molar-refractivity contribution in [1.82, 2.24) is 5.32 Å². The fourth-order valence-corrected chi connectivity index (χ4v) is 2.68. The summed E-state index contributed by atoms with van der Waals surface area (Å²) in [6.45, 7) is -0.0196. The lowest BCUT2D eigenvalue weighted by Gasteiger charge is -2.30. The topological polar surface area (TPSA) is 92.5 Å². The maximum atomic E-state index is 13.3. The first-order valence-electron chi connectivity index (χ1n) is 6.88. The first-order valence-corrected chi connectivity index (χ1v) is 6.88. The largest absolute Gasteiger partial charge is 0.396 e. The Bertz CT molecular complexity index is 550. The van der Waals surface area contributed by atoms with Gasteiger partial charge in [-0.2, -0.15) is 0 Å². The van der Waals surface area contributed by atoms with Crippen LogP contribution in [0.3, 0.4) is 0 Å². The Morgan fingerprint density at radius 3 is 2.76 bits per heavy atom. The summed E-state index contributed by atoms with van der Waals surface area (Å²) in [6, 6.07) is 2.61. The van der Waals surface area contributed by atoms with E-state index in [1.165, 1.54) is 0 Å². The third-order valence-electron chi connectivity index (χ3n) is 3.82. The lowest BCUT2D eigenvalue weighted by atomic mass is 9.85. The fraction of sp³-hybridized carbons (Fsp3) is 0.500. The molecule has 6 nitrogen and oxygen atoms in total.